The Kier molecular flexibility index (Phi) is 9.32. The first-order valence-corrected chi connectivity index (χ1v) is 16.1. The van der Waals surface area contributed by atoms with Crippen LogP contribution in [-0.2, 0) is 22.6 Å². The second kappa shape index (κ2) is 13.9. The van der Waals surface area contributed by atoms with Crippen LogP contribution in [0.15, 0.2) is 107 Å². The van der Waals surface area contributed by atoms with Gasteiger partial charge in [0.05, 0.1) is 48.1 Å². The van der Waals surface area contributed by atoms with Gasteiger partial charge < -0.3 is 10.1 Å². The van der Waals surface area contributed by atoms with Crippen molar-refractivity contribution in [3.63, 3.8) is 0 Å². The molecule has 2 aromatic heterocycles. The van der Waals surface area contributed by atoms with Crippen molar-refractivity contribution in [1.82, 2.24) is 25.1 Å². The number of aromatic nitrogens is 3. The van der Waals surface area contributed by atoms with Gasteiger partial charge in [0.15, 0.2) is 11.0 Å². The molecule has 1 aliphatic rings. The average Bonchev–Trinajstić information content (AvgIpc) is 3.84. The molecule has 0 radical (unpaired) electrons. The Bertz CT molecular complexity index is 1810. The first kappa shape index (κ1) is 30.2. The number of carbonyl (C=O) groups is 2. The van der Waals surface area contributed by atoms with Gasteiger partial charge >= 0.3 is 0 Å². The van der Waals surface area contributed by atoms with Crippen LogP contribution in [0.25, 0.3) is 5.69 Å². The van der Waals surface area contributed by atoms with E-state index in [1.807, 2.05) is 72.1 Å². The highest BCUT2D eigenvalue weighted by atomic mass is 32.2. The quantitative estimate of drug-likeness (QED) is 0.183. The molecule has 2 amide bonds. The zero-order valence-electron chi connectivity index (χ0n) is 24.3. The van der Waals surface area contributed by atoms with Crippen LogP contribution in [0.4, 0.5) is 4.39 Å². The van der Waals surface area contributed by atoms with Gasteiger partial charge in [-0.15, -0.1) is 21.5 Å². The van der Waals surface area contributed by atoms with E-state index in [2.05, 4.69) is 15.5 Å². The fourth-order valence-electron chi connectivity index (χ4n) is 5.05. The summed E-state index contributed by atoms with van der Waals surface area (Å²) >= 11 is 2.77. The van der Waals surface area contributed by atoms with E-state index in [0.717, 1.165) is 21.7 Å². The van der Waals surface area contributed by atoms with Crippen molar-refractivity contribution in [3.05, 3.63) is 124 Å². The number of thiophene rings is 1. The van der Waals surface area contributed by atoms with Crippen LogP contribution in [0, 0.1) is 5.82 Å². The fraction of sp³-hybridized carbons (Fsp3) is 0.182. The molecule has 1 atom stereocenters. The lowest BCUT2D eigenvalue weighted by Crippen LogP contribution is -2.28. The number of thioether (sulfide) groups is 1. The first-order valence-electron chi connectivity index (χ1n) is 14.2. The van der Waals surface area contributed by atoms with Gasteiger partial charge in [-0.2, -0.15) is 5.10 Å². The summed E-state index contributed by atoms with van der Waals surface area (Å²) in [5.41, 5.74) is 3.19. The molecule has 0 aliphatic carbocycles. The minimum absolute atomic E-state index is 0.0204. The first-order chi connectivity index (χ1) is 22.0. The third-order valence-corrected chi connectivity index (χ3v) is 9.06. The Balaban J connectivity index is 1.23. The number of para-hydroxylation sites is 2. The number of benzene rings is 3. The van der Waals surface area contributed by atoms with E-state index in [1.54, 1.807) is 35.1 Å². The van der Waals surface area contributed by atoms with Gasteiger partial charge in [0, 0.05) is 6.42 Å². The third kappa shape index (κ3) is 6.97. The molecule has 0 spiro atoms. The summed E-state index contributed by atoms with van der Waals surface area (Å²) in [4.78, 5) is 27.4. The van der Waals surface area contributed by atoms with Gasteiger partial charge in [-0.05, 0) is 46.8 Å². The zero-order valence-corrected chi connectivity index (χ0v) is 25.9. The van der Waals surface area contributed by atoms with Crippen LogP contribution < -0.4 is 10.1 Å². The third-order valence-electron chi connectivity index (χ3n) is 7.23. The van der Waals surface area contributed by atoms with Gasteiger partial charge in [-0.25, -0.2) is 9.40 Å². The fourth-order valence-corrected chi connectivity index (χ4v) is 6.59. The number of hydrogen-bond donors (Lipinski definition) is 1. The summed E-state index contributed by atoms with van der Waals surface area (Å²) in [6.45, 7) is 0.123. The second-order valence-electron chi connectivity index (χ2n) is 10.2. The van der Waals surface area contributed by atoms with Crippen molar-refractivity contribution in [1.29, 1.82) is 0 Å². The number of nitrogens with zero attached hydrogens (tertiary/aromatic N) is 5. The number of amides is 2. The Morgan fingerprint density at radius 3 is 2.53 bits per heavy atom. The van der Waals surface area contributed by atoms with E-state index in [1.165, 1.54) is 28.9 Å². The number of halogens is 1. The molecule has 0 bridgehead atoms. The van der Waals surface area contributed by atoms with Gasteiger partial charge in [-0.1, -0.05) is 72.4 Å². The number of hydrazone groups is 1. The highest BCUT2D eigenvalue weighted by Gasteiger charge is 2.34. The maximum atomic E-state index is 13.7. The largest absolute Gasteiger partial charge is 0.495 e. The van der Waals surface area contributed by atoms with Crippen LogP contribution in [0.3, 0.4) is 0 Å². The number of ether oxygens (including phenoxy) is 1. The summed E-state index contributed by atoms with van der Waals surface area (Å²) in [6.07, 6.45) is 0.756. The highest BCUT2D eigenvalue weighted by molar-refractivity contribution is 7.99. The monoisotopic (exact) mass is 640 g/mol. The van der Waals surface area contributed by atoms with Gasteiger partial charge in [-0.3, -0.25) is 14.2 Å². The standard InChI is InChI=1S/C33H29FN6O3S2/c1-43-28-11-6-5-10-26(28)39-30(20-35-31(41)18-22-8-3-2-4-9-22)36-37-33(39)45-21-32(42)40-27(23-13-15-24(34)16-14-23)19-25(38-40)29-12-7-17-44-29/h2-17,27H,18-21H2,1H3,(H,35,41). The van der Waals surface area contributed by atoms with Crippen LogP contribution in [0.1, 0.15) is 34.3 Å². The van der Waals surface area contributed by atoms with Crippen molar-refractivity contribution < 1.29 is 18.7 Å². The minimum atomic E-state index is -0.363. The van der Waals surface area contributed by atoms with Crippen molar-refractivity contribution in [2.45, 2.75) is 30.6 Å². The molecule has 3 aromatic carbocycles. The van der Waals surface area contributed by atoms with E-state index in [0.29, 0.717) is 28.8 Å². The Morgan fingerprint density at radius 1 is 1.00 bits per heavy atom. The summed E-state index contributed by atoms with van der Waals surface area (Å²) in [6, 6.07) is 26.6. The molecule has 12 heteroatoms. The van der Waals surface area contributed by atoms with Crippen molar-refractivity contribution in [2.75, 3.05) is 12.9 Å². The van der Waals surface area contributed by atoms with Crippen molar-refractivity contribution in [2.24, 2.45) is 5.10 Å². The Labute approximate surface area is 267 Å². The van der Waals surface area contributed by atoms with E-state index < -0.39 is 0 Å². The van der Waals surface area contributed by atoms with Gasteiger partial charge in [0.2, 0.25) is 5.91 Å². The molecule has 1 aliphatic heterocycles. The van der Waals surface area contributed by atoms with E-state index in [-0.39, 0.29) is 42.4 Å². The molecule has 9 nitrogen and oxygen atoms in total. The van der Waals surface area contributed by atoms with E-state index in [4.69, 9.17) is 9.84 Å². The number of carbonyl (C=O) groups excluding carboxylic acids is 2. The smallest absolute Gasteiger partial charge is 0.253 e. The maximum absolute atomic E-state index is 13.7. The number of rotatable bonds is 11. The molecule has 45 heavy (non-hydrogen) atoms. The van der Waals surface area contributed by atoms with E-state index in [9.17, 15) is 14.0 Å². The van der Waals surface area contributed by atoms with Gasteiger partial charge in [0.1, 0.15) is 11.6 Å². The van der Waals surface area contributed by atoms with Crippen molar-refractivity contribution in [3.8, 4) is 11.4 Å². The molecule has 0 fully saturated rings. The summed E-state index contributed by atoms with van der Waals surface area (Å²) < 4.78 is 21.1. The Morgan fingerprint density at radius 2 is 1.78 bits per heavy atom. The molecule has 1 unspecified atom stereocenters. The van der Waals surface area contributed by atoms with Crippen LogP contribution in [-0.4, -0.2) is 50.2 Å². The molecule has 0 saturated carbocycles. The predicted molar refractivity (Wildman–Crippen MR) is 172 cm³/mol. The second-order valence-corrected chi connectivity index (χ2v) is 12.1. The molecule has 5 aromatic rings. The topological polar surface area (TPSA) is 102 Å². The molecule has 0 saturated heterocycles. The Hall–Kier alpha value is -4.81. The minimum Gasteiger partial charge on any atom is -0.495 e. The molecular weight excluding hydrogens is 612 g/mol. The highest BCUT2D eigenvalue weighted by Crippen LogP contribution is 2.35. The summed E-state index contributed by atoms with van der Waals surface area (Å²) in [5, 5.41) is 20.3. The van der Waals surface area contributed by atoms with Crippen LogP contribution >= 0.6 is 23.1 Å². The summed E-state index contributed by atoms with van der Waals surface area (Å²) in [5.74, 6) is 0.371. The molecule has 1 N–H and O–H groups in total. The van der Waals surface area contributed by atoms with E-state index >= 15 is 0 Å². The average molecular weight is 641 g/mol. The molecular formula is C33H29FN6O3S2. The number of methoxy groups -OCH3 is 1. The molecule has 6 rings (SSSR count). The maximum Gasteiger partial charge on any atom is 0.253 e. The predicted octanol–water partition coefficient (Wildman–Crippen LogP) is 5.81. The number of hydrogen-bond acceptors (Lipinski definition) is 8. The van der Waals surface area contributed by atoms with Crippen LogP contribution in [0.5, 0.6) is 5.75 Å². The summed E-state index contributed by atoms with van der Waals surface area (Å²) in [7, 11) is 1.58. The normalized spacial score (nSPS) is 14.3. The number of nitrogens with one attached hydrogen (secondary N) is 1. The lowest BCUT2D eigenvalue weighted by molar-refractivity contribution is -0.130. The zero-order chi connectivity index (χ0) is 31.2. The lowest BCUT2D eigenvalue weighted by Gasteiger charge is -2.22. The van der Waals surface area contributed by atoms with Crippen LogP contribution in [0.2, 0.25) is 0 Å². The lowest BCUT2D eigenvalue weighted by atomic mass is 10.0. The van der Waals surface area contributed by atoms with Gasteiger partial charge in [0.25, 0.3) is 5.91 Å². The van der Waals surface area contributed by atoms with Crippen molar-refractivity contribution >= 4 is 40.6 Å². The molecule has 228 valence electrons. The molecule has 3 heterocycles. The SMILES string of the molecule is COc1ccccc1-n1c(CNC(=O)Cc2ccccc2)nnc1SCC(=O)N1N=C(c2cccs2)CC1c1ccc(F)cc1.